The van der Waals surface area contributed by atoms with E-state index in [2.05, 4.69) is 62.1 Å². The summed E-state index contributed by atoms with van der Waals surface area (Å²) in [5.74, 6) is 0.877. The van der Waals surface area contributed by atoms with Crippen molar-refractivity contribution >= 4 is 5.57 Å². The number of benzene rings is 1. The molecule has 0 saturated carbocycles. The monoisotopic (exact) mass is 328 g/mol. The predicted octanol–water partition coefficient (Wildman–Crippen LogP) is 4.32. The molecule has 0 aliphatic heterocycles. The van der Waals surface area contributed by atoms with Crippen LogP contribution in [-0.4, -0.2) is 32.6 Å². The van der Waals surface area contributed by atoms with Gasteiger partial charge in [-0.25, -0.2) is 0 Å². The second-order valence-electron chi connectivity index (χ2n) is 7.06. The van der Waals surface area contributed by atoms with E-state index in [9.17, 15) is 0 Å². The Morgan fingerprint density at radius 1 is 1.21 bits per heavy atom. The molecule has 0 aliphatic rings. The van der Waals surface area contributed by atoms with Crippen LogP contribution in [0.1, 0.15) is 38.8 Å². The first-order chi connectivity index (χ1) is 11.2. The summed E-state index contributed by atoms with van der Waals surface area (Å²) in [6.07, 6.45) is 6.26. The number of methoxy groups -OCH3 is 1. The minimum atomic E-state index is -0.395. The molecule has 0 bridgehead atoms. The molecule has 24 heavy (non-hydrogen) atoms. The Balaban J connectivity index is 3.31. The van der Waals surface area contributed by atoms with E-state index in [4.69, 9.17) is 10.5 Å². The van der Waals surface area contributed by atoms with Gasteiger partial charge in [0.15, 0.2) is 0 Å². The molecule has 1 atom stereocenters. The number of hydrogen-bond acceptors (Lipinski definition) is 3. The van der Waals surface area contributed by atoms with Gasteiger partial charge in [-0.15, -0.1) is 0 Å². The Morgan fingerprint density at radius 2 is 1.88 bits per heavy atom. The molecular formula is C21H32N2O. The second-order valence-corrected chi connectivity index (χ2v) is 7.06. The van der Waals surface area contributed by atoms with Crippen LogP contribution in [-0.2, 0) is 10.3 Å². The highest BCUT2D eigenvalue weighted by molar-refractivity contribution is 5.76. The lowest BCUT2D eigenvalue weighted by Crippen LogP contribution is -2.42. The van der Waals surface area contributed by atoms with E-state index < -0.39 is 5.54 Å². The zero-order chi connectivity index (χ0) is 18.3. The van der Waals surface area contributed by atoms with Crippen LogP contribution >= 0.6 is 0 Å². The Bertz CT molecular complexity index is 633. The van der Waals surface area contributed by atoms with Gasteiger partial charge in [-0.2, -0.15) is 0 Å². The van der Waals surface area contributed by atoms with Crippen LogP contribution in [0.25, 0.3) is 5.57 Å². The lowest BCUT2D eigenvalue weighted by Gasteiger charge is -2.29. The molecular weight excluding hydrogens is 296 g/mol. The Kier molecular flexibility index (Phi) is 7.46. The average molecular weight is 329 g/mol. The van der Waals surface area contributed by atoms with Crippen molar-refractivity contribution in [3.8, 4) is 0 Å². The van der Waals surface area contributed by atoms with Gasteiger partial charge < -0.3 is 15.4 Å². The van der Waals surface area contributed by atoms with E-state index in [0.29, 0.717) is 0 Å². The quantitative estimate of drug-likeness (QED) is 0.598. The highest BCUT2D eigenvalue weighted by atomic mass is 16.5. The van der Waals surface area contributed by atoms with E-state index in [1.807, 2.05) is 27.1 Å². The van der Waals surface area contributed by atoms with Gasteiger partial charge in [0.2, 0.25) is 0 Å². The molecule has 0 heterocycles. The molecule has 0 fully saturated rings. The van der Waals surface area contributed by atoms with Crippen molar-refractivity contribution in [2.45, 2.75) is 33.2 Å². The molecule has 1 aromatic carbocycles. The number of hydrogen-bond donors (Lipinski definition) is 1. The summed E-state index contributed by atoms with van der Waals surface area (Å²) in [4.78, 5) is 2.12. The fraction of sp³-hybridized carbons (Fsp3) is 0.429. The van der Waals surface area contributed by atoms with Crippen molar-refractivity contribution in [2.24, 2.45) is 5.73 Å². The van der Waals surface area contributed by atoms with Gasteiger partial charge in [-0.1, -0.05) is 35.9 Å². The molecule has 2 N–H and O–H groups in total. The minimum Gasteiger partial charge on any atom is -0.501 e. The molecule has 0 aromatic heterocycles. The number of allylic oxidation sites excluding steroid dienone is 6. The standard InChI is InChI=1S/C21H32N2O/c1-16(2)13-19(12-11-17(3)24-7)18-9-8-10-20(14-18)21(4,22)15-23(5)6/h8-14H,15,22H2,1-7H3/b17-11+,19-12+. The van der Waals surface area contributed by atoms with Crippen molar-refractivity contribution in [3.63, 3.8) is 0 Å². The highest BCUT2D eigenvalue weighted by Gasteiger charge is 2.22. The molecule has 0 aliphatic carbocycles. The number of nitrogens with two attached hydrogens (primary N) is 1. The summed E-state index contributed by atoms with van der Waals surface area (Å²) >= 11 is 0. The number of likely N-dealkylation sites (N-methyl/N-ethyl adjacent to an activating group) is 1. The molecule has 1 unspecified atom stereocenters. The van der Waals surface area contributed by atoms with E-state index in [1.165, 1.54) is 5.57 Å². The van der Waals surface area contributed by atoms with Crippen molar-refractivity contribution in [3.05, 3.63) is 65.0 Å². The Labute approximate surface area is 147 Å². The molecule has 132 valence electrons. The van der Waals surface area contributed by atoms with Crippen LogP contribution < -0.4 is 5.73 Å². The fourth-order valence-electron chi connectivity index (χ4n) is 2.62. The maximum absolute atomic E-state index is 6.54. The summed E-state index contributed by atoms with van der Waals surface area (Å²) in [7, 11) is 5.77. The first-order valence-corrected chi connectivity index (χ1v) is 8.27. The van der Waals surface area contributed by atoms with Crippen molar-refractivity contribution in [1.29, 1.82) is 0 Å². The second kappa shape index (κ2) is 8.86. The molecule has 0 radical (unpaired) electrons. The van der Waals surface area contributed by atoms with E-state index >= 15 is 0 Å². The summed E-state index contributed by atoms with van der Waals surface area (Å²) in [6, 6.07) is 8.48. The van der Waals surface area contributed by atoms with Gasteiger partial charge in [-0.3, -0.25) is 0 Å². The summed E-state index contributed by atoms with van der Waals surface area (Å²) in [6.45, 7) is 9.01. The lowest BCUT2D eigenvalue weighted by molar-refractivity contribution is 0.294. The lowest BCUT2D eigenvalue weighted by atomic mass is 9.89. The number of rotatable bonds is 7. The molecule has 0 amide bonds. The van der Waals surface area contributed by atoms with Gasteiger partial charge in [-0.05, 0) is 70.6 Å². The zero-order valence-corrected chi connectivity index (χ0v) is 16.2. The number of ether oxygens (including phenoxy) is 1. The Hall–Kier alpha value is -1.84. The van der Waals surface area contributed by atoms with Crippen LogP contribution in [0.2, 0.25) is 0 Å². The van der Waals surface area contributed by atoms with Gasteiger partial charge in [0.05, 0.1) is 18.4 Å². The van der Waals surface area contributed by atoms with Gasteiger partial charge in [0, 0.05) is 6.54 Å². The first kappa shape index (κ1) is 20.2. The molecule has 1 rings (SSSR count). The summed E-state index contributed by atoms with van der Waals surface area (Å²) in [5, 5.41) is 0. The van der Waals surface area contributed by atoms with Crippen LogP contribution in [0, 0.1) is 0 Å². The number of nitrogens with zero attached hydrogens (tertiary/aromatic N) is 1. The third-order valence-electron chi connectivity index (χ3n) is 3.76. The van der Waals surface area contributed by atoms with Gasteiger partial charge in [0.25, 0.3) is 0 Å². The zero-order valence-electron chi connectivity index (χ0n) is 16.2. The van der Waals surface area contributed by atoms with Gasteiger partial charge >= 0.3 is 0 Å². The van der Waals surface area contributed by atoms with E-state index in [1.54, 1.807) is 7.11 Å². The van der Waals surface area contributed by atoms with Crippen LogP contribution in [0.3, 0.4) is 0 Å². The van der Waals surface area contributed by atoms with Crippen molar-refractivity contribution < 1.29 is 4.74 Å². The average Bonchev–Trinajstić information content (AvgIpc) is 2.49. The molecule has 3 nitrogen and oxygen atoms in total. The fourth-order valence-corrected chi connectivity index (χ4v) is 2.62. The first-order valence-electron chi connectivity index (χ1n) is 8.27. The summed E-state index contributed by atoms with van der Waals surface area (Å²) in [5.41, 5.74) is 10.8. The van der Waals surface area contributed by atoms with E-state index in [-0.39, 0.29) is 0 Å². The maximum Gasteiger partial charge on any atom is 0.0924 e. The van der Waals surface area contributed by atoms with E-state index in [0.717, 1.165) is 29.0 Å². The van der Waals surface area contributed by atoms with Gasteiger partial charge in [0.1, 0.15) is 0 Å². The highest BCUT2D eigenvalue weighted by Crippen LogP contribution is 2.25. The minimum absolute atomic E-state index is 0.395. The topological polar surface area (TPSA) is 38.5 Å². The van der Waals surface area contributed by atoms with Crippen molar-refractivity contribution in [1.82, 2.24) is 4.90 Å². The SMILES string of the molecule is CO/C(C)=C/C=C(\C=C(C)C)c1cccc(C(C)(N)CN(C)C)c1. The Morgan fingerprint density at radius 3 is 2.42 bits per heavy atom. The summed E-state index contributed by atoms with van der Waals surface area (Å²) < 4.78 is 5.23. The molecule has 0 saturated heterocycles. The predicted molar refractivity (Wildman–Crippen MR) is 105 cm³/mol. The normalized spacial score (nSPS) is 15.2. The maximum atomic E-state index is 6.54. The molecule has 0 spiro atoms. The van der Waals surface area contributed by atoms with Crippen LogP contribution in [0.5, 0.6) is 0 Å². The van der Waals surface area contributed by atoms with Crippen molar-refractivity contribution in [2.75, 3.05) is 27.7 Å². The van der Waals surface area contributed by atoms with Crippen LogP contribution in [0.4, 0.5) is 0 Å². The smallest absolute Gasteiger partial charge is 0.0924 e. The third kappa shape index (κ3) is 6.34. The van der Waals surface area contributed by atoms with Crippen LogP contribution in [0.15, 0.2) is 53.8 Å². The third-order valence-corrected chi connectivity index (χ3v) is 3.76. The molecule has 1 aromatic rings. The largest absolute Gasteiger partial charge is 0.501 e. The molecule has 3 heteroatoms.